The van der Waals surface area contributed by atoms with Crippen LogP contribution in [0.15, 0.2) is 42.5 Å². The van der Waals surface area contributed by atoms with Crippen molar-refractivity contribution in [2.45, 2.75) is 39.4 Å². The van der Waals surface area contributed by atoms with Crippen molar-refractivity contribution < 1.29 is 13.6 Å². The monoisotopic (exact) mass is 473 g/mol. The van der Waals surface area contributed by atoms with Gasteiger partial charge in [-0.05, 0) is 54.8 Å². The summed E-state index contributed by atoms with van der Waals surface area (Å²) in [6, 6.07) is 9.89. The lowest BCUT2D eigenvalue weighted by atomic mass is 10.0. The average Bonchev–Trinajstić information content (AvgIpc) is 3.13. The van der Waals surface area contributed by atoms with Gasteiger partial charge in [0, 0.05) is 24.3 Å². The van der Waals surface area contributed by atoms with Gasteiger partial charge >= 0.3 is 0 Å². The molecule has 4 rings (SSSR count). The van der Waals surface area contributed by atoms with Gasteiger partial charge in [-0.15, -0.1) is 0 Å². The number of aromatic nitrogens is 2. The zero-order valence-corrected chi connectivity index (χ0v) is 19.2. The highest BCUT2D eigenvalue weighted by atomic mass is 35.5. The second kappa shape index (κ2) is 9.49. The summed E-state index contributed by atoms with van der Waals surface area (Å²) >= 11 is 5.82. The van der Waals surface area contributed by atoms with Gasteiger partial charge in [0.05, 0.1) is 17.6 Å². The Morgan fingerprint density at radius 1 is 1.18 bits per heavy atom. The van der Waals surface area contributed by atoms with Crippen LogP contribution in [0, 0.1) is 17.6 Å². The van der Waals surface area contributed by atoms with E-state index < -0.39 is 11.9 Å². The number of hydrogen-bond acceptors (Lipinski definition) is 4. The highest BCUT2D eigenvalue weighted by molar-refractivity contribution is 6.30. The minimum atomic E-state index is -0.558. The van der Waals surface area contributed by atoms with Crippen LogP contribution in [0.4, 0.5) is 20.3 Å². The number of nitrogens with one attached hydrogen (secondary N) is 1. The van der Waals surface area contributed by atoms with Gasteiger partial charge < -0.3 is 20.5 Å². The molecule has 0 radical (unpaired) electrons. The highest BCUT2D eigenvalue weighted by Gasteiger charge is 2.29. The fraction of sp³-hybridized carbons (Fsp3) is 0.333. The summed E-state index contributed by atoms with van der Waals surface area (Å²) in [4.78, 5) is 19.3. The van der Waals surface area contributed by atoms with Gasteiger partial charge in [-0.1, -0.05) is 25.4 Å². The van der Waals surface area contributed by atoms with Crippen molar-refractivity contribution in [1.29, 1.82) is 0 Å². The molecular weight excluding hydrogens is 448 g/mol. The first-order chi connectivity index (χ1) is 15.7. The van der Waals surface area contributed by atoms with Crippen LogP contribution in [0.2, 0.25) is 5.02 Å². The standard InChI is InChI=1S/C24H26ClF2N5O/c1-14(2)11-20(28)24(33)31-9-10-32-21(13-31)30-22(15-3-5-16(26)6-4-15)23(32)29-17-7-8-18(25)19(27)12-17/h3-8,12,14,20,29H,9-11,13,28H2,1-2H3. The molecule has 1 aliphatic rings. The summed E-state index contributed by atoms with van der Waals surface area (Å²) in [5.41, 5.74) is 7.91. The van der Waals surface area contributed by atoms with Crippen LogP contribution in [0.25, 0.3) is 11.3 Å². The zero-order chi connectivity index (χ0) is 23.7. The number of halogens is 3. The van der Waals surface area contributed by atoms with Gasteiger partial charge in [0.1, 0.15) is 29.0 Å². The molecule has 0 bridgehead atoms. The molecule has 0 spiro atoms. The molecule has 174 valence electrons. The van der Waals surface area contributed by atoms with Crippen LogP contribution in [0.1, 0.15) is 26.1 Å². The Kier molecular flexibility index (Phi) is 6.67. The minimum Gasteiger partial charge on any atom is -0.340 e. The van der Waals surface area contributed by atoms with E-state index in [1.165, 1.54) is 24.3 Å². The summed E-state index contributed by atoms with van der Waals surface area (Å²) in [5.74, 6) is 0.624. The fourth-order valence-corrected chi connectivity index (χ4v) is 4.13. The van der Waals surface area contributed by atoms with Crippen LogP contribution in [-0.4, -0.2) is 32.9 Å². The third kappa shape index (κ3) is 5.02. The normalized spacial score (nSPS) is 14.3. The van der Waals surface area contributed by atoms with Crippen molar-refractivity contribution in [3.05, 3.63) is 64.9 Å². The van der Waals surface area contributed by atoms with E-state index >= 15 is 0 Å². The highest BCUT2D eigenvalue weighted by Crippen LogP contribution is 2.34. The first-order valence-corrected chi connectivity index (χ1v) is 11.2. The van der Waals surface area contributed by atoms with E-state index in [1.807, 2.05) is 18.4 Å². The number of anilines is 2. The lowest BCUT2D eigenvalue weighted by molar-refractivity contribution is -0.134. The van der Waals surface area contributed by atoms with Crippen molar-refractivity contribution in [2.75, 3.05) is 11.9 Å². The smallest absolute Gasteiger partial charge is 0.239 e. The Labute approximate surface area is 196 Å². The molecule has 3 N–H and O–H groups in total. The lowest BCUT2D eigenvalue weighted by Gasteiger charge is -2.31. The van der Waals surface area contributed by atoms with Crippen molar-refractivity contribution >= 4 is 29.0 Å². The Balaban J connectivity index is 1.69. The SMILES string of the molecule is CC(C)CC(N)C(=O)N1CCn2c(nc(-c3ccc(F)cc3)c2Nc2ccc(Cl)c(F)c2)C1. The number of nitrogens with zero attached hydrogens (tertiary/aromatic N) is 3. The number of amides is 1. The van der Waals surface area contributed by atoms with Gasteiger partial charge in [0.25, 0.3) is 0 Å². The van der Waals surface area contributed by atoms with Crippen LogP contribution >= 0.6 is 11.6 Å². The molecule has 3 aromatic rings. The number of hydrogen-bond donors (Lipinski definition) is 2. The van der Waals surface area contributed by atoms with Crippen LogP contribution in [0.3, 0.4) is 0 Å². The molecule has 0 saturated heterocycles. The molecular formula is C24H26ClF2N5O. The van der Waals surface area contributed by atoms with E-state index in [4.69, 9.17) is 22.3 Å². The molecule has 6 nitrogen and oxygen atoms in total. The Morgan fingerprint density at radius 3 is 2.58 bits per heavy atom. The largest absolute Gasteiger partial charge is 0.340 e. The number of benzene rings is 2. The van der Waals surface area contributed by atoms with E-state index in [1.54, 1.807) is 23.1 Å². The van der Waals surface area contributed by atoms with Crippen LogP contribution in [0.5, 0.6) is 0 Å². The lowest BCUT2D eigenvalue weighted by Crippen LogP contribution is -2.47. The topological polar surface area (TPSA) is 76.2 Å². The first kappa shape index (κ1) is 23.2. The molecule has 0 aliphatic carbocycles. The number of fused-ring (bicyclic) bond motifs is 1. The van der Waals surface area contributed by atoms with Crippen molar-refractivity contribution in [2.24, 2.45) is 11.7 Å². The predicted molar refractivity (Wildman–Crippen MR) is 125 cm³/mol. The van der Waals surface area contributed by atoms with E-state index in [0.29, 0.717) is 60.6 Å². The third-order valence-corrected chi connectivity index (χ3v) is 5.93. The van der Waals surface area contributed by atoms with Crippen molar-refractivity contribution in [3.8, 4) is 11.3 Å². The van der Waals surface area contributed by atoms with E-state index in [0.717, 1.165) is 0 Å². The first-order valence-electron chi connectivity index (χ1n) is 10.8. The molecule has 2 aromatic carbocycles. The number of carbonyl (C=O) groups excluding carboxylic acids is 1. The molecule has 1 aliphatic heterocycles. The zero-order valence-electron chi connectivity index (χ0n) is 18.5. The maximum absolute atomic E-state index is 14.0. The predicted octanol–water partition coefficient (Wildman–Crippen LogP) is 4.94. The summed E-state index contributed by atoms with van der Waals surface area (Å²) in [6.45, 7) is 5.32. The Hall–Kier alpha value is -2.97. The van der Waals surface area contributed by atoms with Gasteiger partial charge in [-0.3, -0.25) is 4.79 Å². The maximum Gasteiger partial charge on any atom is 0.239 e. The number of rotatable bonds is 6. The van der Waals surface area contributed by atoms with E-state index in [9.17, 15) is 13.6 Å². The fourth-order valence-electron chi connectivity index (χ4n) is 4.01. The van der Waals surface area contributed by atoms with Gasteiger partial charge in [0.15, 0.2) is 0 Å². The molecule has 0 saturated carbocycles. The maximum atomic E-state index is 14.0. The molecule has 1 unspecified atom stereocenters. The molecule has 1 atom stereocenters. The Bertz CT molecular complexity index is 1160. The summed E-state index contributed by atoms with van der Waals surface area (Å²) in [5, 5.41) is 3.26. The van der Waals surface area contributed by atoms with Crippen LogP contribution in [-0.2, 0) is 17.9 Å². The van der Waals surface area contributed by atoms with Gasteiger partial charge in [0.2, 0.25) is 5.91 Å². The molecule has 33 heavy (non-hydrogen) atoms. The Morgan fingerprint density at radius 2 is 1.91 bits per heavy atom. The van der Waals surface area contributed by atoms with E-state index in [-0.39, 0.29) is 16.7 Å². The minimum absolute atomic E-state index is 0.0292. The molecule has 0 fully saturated rings. The van der Waals surface area contributed by atoms with Gasteiger partial charge in [-0.2, -0.15) is 0 Å². The summed E-state index contributed by atoms with van der Waals surface area (Å²) < 4.78 is 29.5. The molecule has 2 heterocycles. The van der Waals surface area contributed by atoms with E-state index in [2.05, 4.69) is 5.32 Å². The number of nitrogens with two attached hydrogens (primary N) is 1. The second-order valence-corrected chi connectivity index (χ2v) is 9.04. The average molecular weight is 474 g/mol. The molecule has 9 heteroatoms. The second-order valence-electron chi connectivity index (χ2n) is 8.63. The van der Waals surface area contributed by atoms with Crippen molar-refractivity contribution in [3.63, 3.8) is 0 Å². The number of carbonyl (C=O) groups is 1. The molecule has 1 amide bonds. The quantitative estimate of drug-likeness (QED) is 0.531. The molecule has 1 aromatic heterocycles. The van der Waals surface area contributed by atoms with Crippen molar-refractivity contribution in [1.82, 2.24) is 14.5 Å². The van der Waals surface area contributed by atoms with Gasteiger partial charge in [-0.25, -0.2) is 13.8 Å². The third-order valence-electron chi connectivity index (χ3n) is 5.63. The van der Waals surface area contributed by atoms with Crippen LogP contribution < -0.4 is 11.1 Å². The summed E-state index contributed by atoms with van der Waals surface area (Å²) in [7, 11) is 0. The summed E-state index contributed by atoms with van der Waals surface area (Å²) in [6.07, 6.45) is 0.611. The number of imidazole rings is 1.